The van der Waals surface area contributed by atoms with Crippen molar-refractivity contribution < 1.29 is 14.0 Å². The topological polar surface area (TPSA) is 65.8 Å². The maximum atomic E-state index is 13.6. The minimum atomic E-state index is -0.676. The number of carbonyl (C=O) groups excluding carboxylic acids is 2. The van der Waals surface area contributed by atoms with Crippen LogP contribution in [0.15, 0.2) is 16.5 Å². The number of piperazine rings is 1. The summed E-state index contributed by atoms with van der Waals surface area (Å²) in [6.07, 6.45) is 10.4. The van der Waals surface area contributed by atoms with Gasteiger partial charge in [-0.2, -0.15) is 0 Å². The fourth-order valence-corrected chi connectivity index (χ4v) is 5.80. The number of amides is 2. The first-order valence-corrected chi connectivity index (χ1v) is 12.4. The summed E-state index contributed by atoms with van der Waals surface area (Å²) in [5.74, 6) is 2.71. The maximum Gasteiger partial charge on any atom is 0.246 e. The highest BCUT2D eigenvalue weighted by molar-refractivity contribution is 6.00. The van der Waals surface area contributed by atoms with Crippen molar-refractivity contribution in [2.24, 2.45) is 5.92 Å². The van der Waals surface area contributed by atoms with Crippen LogP contribution in [0.4, 0.5) is 0 Å². The zero-order valence-corrected chi connectivity index (χ0v) is 19.3. The first-order valence-electron chi connectivity index (χ1n) is 12.4. The highest BCUT2D eigenvalue weighted by Gasteiger charge is 2.53. The molecule has 0 bridgehead atoms. The van der Waals surface area contributed by atoms with Gasteiger partial charge in [0.1, 0.15) is 23.1 Å². The summed E-state index contributed by atoms with van der Waals surface area (Å²) in [5, 5.41) is 3.18. The number of likely N-dealkylation sites (tertiary alicyclic amines) is 1. The molecule has 172 valence electrons. The molecule has 1 aromatic heterocycles. The molecule has 0 aromatic carbocycles. The summed E-state index contributed by atoms with van der Waals surface area (Å²) in [5.41, 5.74) is -0.676. The third kappa shape index (κ3) is 4.84. The first kappa shape index (κ1) is 22.4. The molecule has 3 aliphatic rings. The van der Waals surface area contributed by atoms with Crippen LogP contribution in [0, 0.1) is 12.8 Å². The molecule has 1 aromatic rings. The zero-order chi connectivity index (χ0) is 21.8. The Bertz CT molecular complexity index is 760. The molecule has 1 saturated carbocycles. The van der Waals surface area contributed by atoms with Crippen molar-refractivity contribution in [1.29, 1.82) is 0 Å². The van der Waals surface area contributed by atoms with Crippen LogP contribution in [0.5, 0.6) is 0 Å². The molecule has 0 radical (unpaired) electrons. The monoisotopic (exact) mass is 429 g/mol. The van der Waals surface area contributed by atoms with Crippen molar-refractivity contribution in [3.8, 4) is 0 Å². The summed E-state index contributed by atoms with van der Waals surface area (Å²) >= 11 is 0. The molecular formula is C25H39N3O3. The average molecular weight is 430 g/mol. The molecule has 1 spiro atoms. The van der Waals surface area contributed by atoms with Gasteiger partial charge < -0.3 is 14.6 Å². The van der Waals surface area contributed by atoms with Crippen LogP contribution in [0.25, 0.3) is 0 Å². The van der Waals surface area contributed by atoms with E-state index in [4.69, 9.17) is 4.42 Å². The summed E-state index contributed by atoms with van der Waals surface area (Å²) in [6, 6.07) is 3.69. The van der Waals surface area contributed by atoms with Crippen molar-refractivity contribution in [2.45, 2.75) is 96.2 Å². The molecule has 1 aliphatic carbocycles. The number of rotatable bonds is 7. The van der Waals surface area contributed by atoms with Gasteiger partial charge in [-0.15, -0.1) is 0 Å². The number of carbonyl (C=O) groups is 2. The quantitative estimate of drug-likeness (QED) is 0.711. The molecule has 2 aliphatic heterocycles. The number of unbranched alkanes of at least 4 members (excludes halogenated alkanes) is 1. The van der Waals surface area contributed by atoms with E-state index in [2.05, 4.69) is 17.1 Å². The van der Waals surface area contributed by atoms with Crippen LogP contribution in [-0.2, 0) is 16.1 Å². The second-order valence-corrected chi connectivity index (χ2v) is 9.93. The van der Waals surface area contributed by atoms with E-state index in [0.29, 0.717) is 25.3 Å². The Morgan fingerprint density at radius 2 is 1.87 bits per heavy atom. The smallest absolute Gasteiger partial charge is 0.246 e. The number of nitrogens with zero attached hydrogens (tertiary/aromatic N) is 2. The Hall–Kier alpha value is -1.82. The Labute approximate surface area is 186 Å². The molecule has 3 heterocycles. The van der Waals surface area contributed by atoms with Gasteiger partial charge in [0.15, 0.2) is 0 Å². The lowest BCUT2D eigenvalue weighted by molar-refractivity contribution is -0.162. The van der Waals surface area contributed by atoms with E-state index in [0.717, 1.165) is 50.4 Å². The lowest BCUT2D eigenvalue weighted by Crippen LogP contribution is -2.73. The molecule has 2 saturated heterocycles. The lowest BCUT2D eigenvalue weighted by Gasteiger charge is -2.52. The van der Waals surface area contributed by atoms with Crippen LogP contribution in [0.3, 0.4) is 0 Å². The highest BCUT2D eigenvalue weighted by Crippen LogP contribution is 2.36. The normalized spacial score (nSPS) is 25.2. The van der Waals surface area contributed by atoms with E-state index in [1.54, 1.807) is 0 Å². The molecular weight excluding hydrogens is 390 g/mol. The van der Waals surface area contributed by atoms with E-state index < -0.39 is 5.54 Å². The largest absolute Gasteiger partial charge is 0.465 e. The van der Waals surface area contributed by atoms with Gasteiger partial charge in [-0.1, -0.05) is 45.4 Å². The van der Waals surface area contributed by atoms with Gasteiger partial charge in [0.25, 0.3) is 0 Å². The van der Waals surface area contributed by atoms with E-state index in [1.165, 1.54) is 32.1 Å². The van der Waals surface area contributed by atoms with Crippen LogP contribution >= 0.6 is 0 Å². The Kier molecular flexibility index (Phi) is 7.05. The van der Waals surface area contributed by atoms with Crippen molar-refractivity contribution in [2.75, 3.05) is 19.6 Å². The molecule has 3 fully saturated rings. The van der Waals surface area contributed by atoms with Crippen LogP contribution in [0.1, 0.15) is 82.7 Å². The van der Waals surface area contributed by atoms with Gasteiger partial charge in [0.2, 0.25) is 11.8 Å². The third-order valence-electron chi connectivity index (χ3n) is 7.70. The summed E-state index contributed by atoms with van der Waals surface area (Å²) in [7, 11) is 0. The number of hydrogen-bond donors (Lipinski definition) is 1. The second kappa shape index (κ2) is 9.76. The summed E-state index contributed by atoms with van der Waals surface area (Å²) in [4.78, 5) is 31.4. The Morgan fingerprint density at radius 1 is 1.13 bits per heavy atom. The maximum absolute atomic E-state index is 13.6. The number of nitrogens with one attached hydrogen (secondary N) is 1. The Balaban J connectivity index is 1.44. The van der Waals surface area contributed by atoms with E-state index in [9.17, 15) is 9.59 Å². The summed E-state index contributed by atoms with van der Waals surface area (Å²) in [6.45, 7) is 7.17. The second-order valence-electron chi connectivity index (χ2n) is 9.93. The van der Waals surface area contributed by atoms with E-state index in [-0.39, 0.29) is 17.9 Å². The van der Waals surface area contributed by atoms with E-state index >= 15 is 0 Å². The van der Waals surface area contributed by atoms with E-state index in [1.807, 2.05) is 24.0 Å². The number of piperidine rings is 1. The average Bonchev–Trinajstić information content (AvgIpc) is 3.19. The van der Waals surface area contributed by atoms with Gasteiger partial charge in [-0.3, -0.25) is 14.5 Å². The predicted octanol–water partition coefficient (Wildman–Crippen LogP) is 4.02. The SMILES string of the molecule is CCCCN1C(=O)C(CC2CCCCC2)NC(=O)C12CCN(Cc1ccc(C)o1)CC2. The minimum Gasteiger partial charge on any atom is -0.465 e. The number of hydrogen-bond acceptors (Lipinski definition) is 4. The van der Waals surface area contributed by atoms with Gasteiger partial charge in [0, 0.05) is 19.6 Å². The lowest BCUT2D eigenvalue weighted by atomic mass is 9.79. The molecule has 1 atom stereocenters. The predicted molar refractivity (Wildman–Crippen MR) is 120 cm³/mol. The van der Waals surface area contributed by atoms with Gasteiger partial charge in [-0.05, 0) is 50.7 Å². The molecule has 6 heteroatoms. The fourth-order valence-electron chi connectivity index (χ4n) is 5.80. The number of furan rings is 1. The van der Waals surface area contributed by atoms with Gasteiger partial charge in [0.05, 0.1) is 6.54 Å². The van der Waals surface area contributed by atoms with Crippen molar-refractivity contribution in [3.05, 3.63) is 23.7 Å². The van der Waals surface area contributed by atoms with Crippen LogP contribution in [-0.4, -0.2) is 52.8 Å². The molecule has 4 rings (SSSR count). The molecule has 1 unspecified atom stereocenters. The molecule has 31 heavy (non-hydrogen) atoms. The molecule has 6 nitrogen and oxygen atoms in total. The van der Waals surface area contributed by atoms with Crippen LogP contribution in [0.2, 0.25) is 0 Å². The van der Waals surface area contributed by atoms with Gasteiger partial charge in [-0.25, -0.2) is 0 Å². The standard InChI is InChI=1S/C25H39N3O3/c1-3-4-14-28-23(29)22(17-20-8-6-5-7-9-20)26-24(30)25(28)12-15-27(16-13-25)18-21-11-10-19(2)31-21/h10-11,20,22H,3-9,12-18H2,1-2H3,(H,26,30). The Morgan fingerprint density at radius 3 is 2.52 bits per heavy atom. The zero-order valence-electron chi connectivity index (χ0n) is 19.3. The molecule has 1 N–H and O–H groups in total. The minimum absolute atomic E-state index is 0.0810. The van der Waals surface area contributed by atoms with Crippen molar-refractivity contribution in [1.82, 2.24) is 15.1 Å². The fraction of sp³-hybridized carbons (Fsp3) is 0.760. The third-order valence-corrected chi connectivity index (χ3v) is 7.70. The van der Waals surface area contributed by atoms with Crippen molar-refractivity contribution in [3.63, 3.8) is 0 Å². The van der Waals surface area contributed by atoms with Crippen LogP contribution < -0.4 is 5.32 Å². The highest BCUT2D eigenvalue weighted by atomic mass is 16.3. The van der Waals surface area contributed by atoms with Crippen molar-refractivity contribution >= 4 is 11.8 Å². The van der Waals surface area contributed by atoms with Gasteiger partial charge >= 0.3 is 0 Å². The summed E-state index contributed by atoms with van der Waals surface area (Å²) < 4.78 is 5.74. The first-order chi connectivity index (χ1) is 15.0. The molecule has 2 amide bonds. The number of aryl methyl sites for hydroxylation is 1.